The van der Waals surface area contributed by atoms with Gasteiger partial charge in [0.05, 0.1) is 6.10 Å². The van der Waals surface area contributed by atoms with Crippen LogP contribution in [0.4, 0.5) is 0 Å². The summed E-state index contributed by atoms with van der Waals surface area (Å²) in [6.07, 6.45) is -0.424. The zero-order chi connectivity index (χ0) is 11.4. The predicted octanol–water partition coefficient (Wildman–Crippen LogP) is 2.20. The molecule has 0 heterocycles. The van der Waals surface area contributed by atoms with E-state index in [2.05, 4.69) is 0 Å². The highest BCUT2D eigenvalue weighted by atomic mass is 16.4. The van der Waals surface area contributed by atoms with E-state index in [4.69, 9.17) is 5.11 Å². The Bertz CT molecular complexity index is 358. The summed E-state index contributed by atoms with van der Waals surface area (Å²) in [7, 11) is 0. The van der Waals surface area contributed by atoms with Crippen molar-refractivity contribution in [2.45, 2.75) is 32.8 Å². The molecule has 1 unspecified atom stereocenters. The van der Waals surface area contributed by atoms with Gasteiger partial charge in [-0.15, -0.1) is 0 Å². The maximum atomic E-state index is 10.3. The summed E-state index contributed by atoms with van der Waals surface area (Å²) in [6, 6.07) is 5.69. The summed E-state index contributed by atoms with van der Waals surface area (Å²) >= 11 is 0. The molecular formula is C12H16O3. The third-order valence-electron chi connectivity index (χ3n) is 2.55. The maximum absolute atomic E-state index is 10.3. The minimum absolute atomic E-state index is 0.00586. The van der Waals surface area contributed by atoms with Crippen molar-refractivity contribution >= 4 is 5.97 Å². The van der Waals surface area contributed by atoms with Gasteiger partial charge in [-0.25, -0.2) is 0 Å². The third kappa shape index (κ3) is 3.36. The average molecular weight is 208 g/mol. The number of hydrogen-bond acceptors (Lipinski definition) is 2. The first-order valence-electron chi connectivity index (χ1n) is 4.97. The second-order valence-electron chi connectivity index (χ2n) is 3.79. The Hall–Kier alpha value is -1.35. The van der Waals surface area contributed by atoms with Crippen LogP contribution in [0.3, 0.4) is 0 Å². The summed E-state index contributed by atoms with van der Waals surface area (Å²) in [5.74, 6) is -0.877. The lowest BCUT2D eigenvalue weighted by Gasteiger charge is -2.11. The number of aliphatic carboxylic acids is 1. The molecule has 0 bridgehead atoms. The molecule has 0 aliphatic carbocycles. The highest BCUT2D eigenvalue weighted by Crippen LogP contribution is 2.20. The van der Waals surface area contributed by atoms with E-state index in [1.54, 1.807) is 0 Å². The molecule has 1 atom stereocenters. The van der Waals surface area contributed by atoms with Gasteiger partial charge in [0.2, 0.25) is 0 Å². The summed E-state index contributed by atoms with van der Waals surface area (Å²) in [5.41, 5.74) is 3.07. The van der Waals surface area contributed by atoms with E-state index in [0.717, 1.165) is 11.1 Å². The van der Waals surface area contributed by atoms with E-state index in [1.165, 1.54) is 5.56 Å². The van der Waals surface area contributed by atoms with Gasteiger partial charge in [-0.3, -0.25) is 4.79 Å². The van der Waals surface area contributed by atoms with Gasteiger partial charge in [-0.2, -0.15) is 0 Å². The first kappa shape index (κ1) is 11.7. The minimum atomic E-state index is -0.877. The Labute approximate surface area is 89.4 Å². The quantitative estimate of drug-likeness (QED) is 0.797. The van der Waals surface area contributed by atoms with Gasteiger partial charge in [0.25, 0.3) is 0 Å². The molecule has 0 saturated carbocycles. The van der Waals surface area contributed by atoms with Crippen LogP contribution in [0.5, 0.6) is 0 Å². The van der Waals surface area contributed by atoms with Crippen molar-refractivity contribution < 1.29 is 15.0 Å². The highest BCUT2D eigenvalue weighted by molar-refractivity contribution is 5.66. The lowest BCUT2D eigenvalue weighted by atomic mass is 10.00. The molecule has 82 valence electrons. The van der Waals surface area contributed by atoms with E-state index < -0.39 is 12.1 Å². The molecular weight excluding hydrogens is 192 g/mol. The molecule has 0 amide bonds. The lowest BCUT2D eigenvalue weighted by Crippen LogP contribution is -2.02. The summed E-state index contributed by atoms with van der Waals surface area (Å²) < 4.78 is 0. The van der Waals surface area contributed by atoms with Crippen LogP contribution in [-0.4, -0.2) is 16.2 Å². The standard InChI is InChI=1S/C12H16O3/c1-8-3-4-10(7-9(8)2)11(13)5-6-12(14)15/h3-4,7,11,13H,5-6H2,1-2H3,(H,14,15). The van der Waals surface area contributed by atoms with Crippen molar-refractivity contribution in [3.63, 3.8) is 0 Å². The van der Waals surface area contributed by atoms with Crippen LogP contribution in [0.25, 0.3) is 0 Å². The predicted molar refractivity (Wildman–Crippen MR) is 57.7 cm³/mol. The molecule has 0 spiro atoms. The number of aryl methyl sites for hydroxylation is 2. The van der Waals surface area contributed by atoms with Crippen LogP contribution in [0.15, 0.2) is 18.2 Å². The van der Waals surface area contributed by atoms with E-state index in [0.29, 0.717) is 0 Å². The van der Waals surface area contributed by atoms with Gasteiger partial charge >= 0.3 is 5.97 Å². The zero-order valence-corrected chi connectivity index (χ0v) is 9.03. The Morgan fingerprint density at radius 3 is 2.53 bits per heavy atom. The van der Waals surface area contributed by atoms with Crippen molar-refractivity contribution in [2.75, 3.05) is 0 Å². The van der Waals surface area contributed by atoms with Gasteiger partial charge in [-0.05, 0) is 37.0 Å². The zero-order valence-electron chi connectivity index (χ0n) is 9.03. The third-order valence-corrected chi connectivity index (χ3v) is 2.55. The molecule has 1 aromatic rings. The average Bonchev–Trinajstić information content (AvgIpc) is 2.18. The molecule has 15 heavy (non-hydrogen) atoms. The molecule has 0 aliphatic heterocycles. The van der Waals surface area contributed by atoms with E-state index >= 15 is 0 Å². The van der Waals surface area contributed by atoms with Crippen LogP contribution in [0.1, 0.15) is 35.6 Å². The molecule has 0 saturated heterocycles. The Morgan fingerprint density at radius 1 is 1.33 bits per heavy atom. The largest absolute Gasteiger partial charge is 0.481 e. The highest BCUT2D eigenvalue weighted by Gasteiger charge is 2.10. The van der Waals surface area contributed by atoms with Crippen molar-refractivity contribution in [1.82, 2.24) is 0 Å². The van der Waals surface area contributed by atoms with Gasteiger partial charge in [0.1, 0.15) is 0 Å². The molecule has 2 N–H and O–H groups in total. The van der Waals surface area contributed by atoms with Crippen LogP contribution in [-0.2, 0) is 4.79 Å². The molecule has 0 radical (unpaired) electrons. The smallest absolute Gasteiger partial charge is 0.303 e. The monoisotopic (exact) mass is 208 g/mol. The number of benzene rings is 1. The molecule has 1 rings (SSSR count). The molecule has 0 aliphatic rings. The lowest BCUT2D eigenvalue weighted by molar-refractivity contribution is -0.137. The molecule has 3 heteroatoms. The summed E-state index contributed by atoms with van der Waals surface area (Å²) in [6.45, 7) is 3.98. The van der Waals surface area contributed by atoms with Gasteiger partial charge in [0, 0.05) is 6.42 Å². The molecule has 3 nitrogen and oxygen atoms in total. The number of carbonyl (C=O) groups is 1. The molecule has 0 aromatic heterocycles. The molecule has 0 fully saturated rings. The van der Waals surface area contributed by atoms with Gasteiger partial charge < -0.3 is 10.2 Å². The topological polar surface area (TPSA) is 57.5 Å². The Morgan fingerprint density at radius 2 is 2.00 bits per heavy atom. The first-order valence-corrected chi connectivity index (χ1v) is 4.97. The van der Waals surface area contributed by atoms with Gasteiger partial charge in [-0.1, -0.05) is 18.2 Å². The van der Waals surface area contributed by atoms with E-state index in [-0.39, 0.29) is 12.8 Å². The van der Waals surface area contributed by atoms with E-state index in [9.17, 15) is 9.90 Å². The number of carboxylic acids is 1. The van der Waals surface area contributed by atoms with Crippen molar-refractivity contribution in [3.05, 3.63) is 34.9 Å². The molecule has 1 aromatic carbocycles. The number of aliphatic hydroxyl groups is 1. The number of hydrogen-bond donors (Lipinski definition) is 2. The minimum Gasteiger partial charge on any atom is -0.481 e. The number of carboxylic acid groups (broad SMARTS) is 1. The summed E-state index contributed by atoms with van der Waals surface area (Å²) in [5, 5.41) is 18.2. The van der Waals surface area contributed by atoms with Crippen molar-refractivity contribution in [2.24, 2.45) is 0 Å². The van der Waals surface area contributed by atoms with Crippen LogP contribution < -0.4 is 0 Å². The SMILES string of the molecule is Cc1ccc(C(O)CCC(=O)O)cc1C. The van der Waals surface area contributed by atoms with E-state index in [1.807, 2.05) is 32.0 Å². The fourth-order valence-corrected chi connectivity index (χ4v) is 1.40. The van der Waals surface area contributed by atoms with Gasteiger partial charge in [0.15, 0.2) is 0 Å². The Balaban J connectivity index is 2.69. The van der Waals surface area contributed by atoms with Crippen LogP contribution in [0.2, 0.25) is 0 Å². The normalized spacial score (nSPS) is 12.5. The second kappa shape index (κ2) is 4.94. The summed E-state index contributed by atoms with van der Waals surface area (Å²) in [4.78, 5) is 10.3. The Kier molecular flexibility index (Phi) is 3.86. The van der Waals surface area contributed by atoms with Crippen LogP contribution in [0, 0.1) is 13.8 Å². The second-order valence-corrected chi connectivity index (χ2v) is 3.79. The van der Waals surface area contributed by atoms with Crippen molar-refractivity contribution in [1.29, 1.82) is 0 Å². The van der Waals surface area contributed by atoms with Crippen molar-refractivity contribution in [3.8, 4) is 0 Å². The maximum Gasteiger partial charge on any atom is 0.303 e. The fourth-order valence-electron chi connectivity index (χ4n) is 1.40. The number of aliphatic hydroxyl groups excluding tert-OH is 1. The van der Waals surface area contributed by atoms with Crippen LogP contribution >= 0.6 is 0 Å². The first-order chi connectivity index (χ1) is 7.00. The fraction of sp³-hybridized carbons (Fsp3) is 0.417. The number of rotatable bonds is 4.